The molecule has 1 aliphatic carbocycles. The van der Waals surface area contributed by atoms with Gasteiger partial charge in [0.1, 0.15) is 17.2 Å². The molecule has 1 aliphatic rings. The molecular weight excluding hydrogens is 224 g/mol. The third-order valence-corrected chi connectivity index (χ3v) is 3.26. The molecule has 16 heavy (non-hydrogen) atoms. The Bertz CT molecular complexity index is 557. The largest absolute Gasteiger partial charge is 0.324 e. The van der Waals surface area contributed by atoms with Crippen molar-refractivity contribution in [2.24, 2.45) is 5.92 Å². The fourth-order valence-corrected chi connectivity index (χ4v) is 2.29. The molecule has 0 saturated heterocycles. The fourth-order valence-electron chi connectivity index (χ4n) is 1.99. The van der Waals surface area contributed by atoms with Gasteiger partial charge in [-0.2, -0.15) is 0 Å². The van der Waals surface area contributed by atoms with E-state index in [1.54, 1.807) is 0 Å². The lowest BCUT2D eigenvalue weighted by molar-refractivity contribution is 0.625. The van der Waals surface area contributed by atoms with Gasteiger partial charge in [0.25, 0.3) is 0 Å². The summed E-state index contributed by atoms with van der Waals surface area (Å²) in [6.07, 6.45) is 2.62. The zero-order valence-corrected chi connectivity index (χ0v) is 10.1. The maximum atomic E-state index is 6.17. The highest BCUT2D eigenvalue weighted by atomic mass is 35.5. The Labute approximate surface area is 98.7 Å². The Morgan fingerprint density at radius 2 is 2.00 bits per heavy atom. The first kappa shape index (κ1) is 10.0. The topological polar surface area (TPSA) is 43.6 Å². The molecule has 0 spiro atoms. The van der Waals surface area contributed by atoms with Crippen molar-refractivity contribution in [1.82, 2.24) is 19.5 Å². The summed E-state index contributed by atoms with van der Waals surface area (Å²) in [5.74, 6) is 2.44. The first-order chi connectivity index (χ1) is 7.65. The third-order valence-electron chi connectivity index (χ3n) is 3.00. The molecular formula is C11H13ClN4. The van der Waals surface area contributed by atoms with Crippen molar-refractivity contribution in [2.75, 3.05) is 0 Å². The van der Waals surface area contributed by atoms with E-state index in [0.717, 1.165) is 29.5 Å². The van der Waals surface area contributed by atoms with Crippen molar-refractivity contribution in [3.63, 3.8) is 0 Å². The van der Waals surface area contributed by atoms with E-state index < -0.39 is 0 Å². The van der Waals surface area contributed by atoms with Crippen LogP contribution in [0.1, 0.15) is 24.5 Å². The van der Waals surface area contributed by atoms with E-state index in [-0.39, 0.29) is 0 Å². The van der Waals surface area contributed by atoms with E-state index >= 15 is 0 Å². The first-order valence-corrected chi connectivity index (χ1v) is 5.90. The van der Waals surface area contributed by atoms with E-state index in [1.807, 2.05) is 13.8 Å². The molecule has 0 unspecified atom stereocenters. The maximum absolute atomic E-state index is 6.17. The molecule has 2 heterocycles. The second-order valence-corrected chi connectivity index (χ2v) is 4.80. The summed E-state index contributed by atoms with van der Waals surface area (Å²) >= 11 is 6.17. The number of rotatable bonds is 2. The standard InChI is InChI=1S/C11H13ClN4/c1-6-13-10(12)9-11(14-6)15-7(2)16(9)5-8-3-4-8/h8H,3-5H2,1-2H3. The van der Waals surface area contributed by atoms with Gasteiger partial charge in [0.2, 0.25) is 0 Å². The summed E-state index contributed by atoms with van der Waals surface area (Å²) in [5, 5.41) is 0.517. The zero-order valence-electron chi connectivity index (χ0n) is 9.37. The van der Waals surface area contributed by atoms with E-state index in [9.17, 15) is 0 Å². The highest BCUT2D eigenvalue weighted by Crippen LogP contribution is 2.33. The second-order valence-electron chi connectivity index (χ2n) is 4.45. The quantitative estimate of drug-likeness (QED) is 0.753. The highest BCUT2D eigenvalue weighted by molar-refractivity contribution is 6.33. The number of aromatic nitrogens is 4. The van der Waals surface area contributed by atoms with Gasteiger partial charge in [-0.25, -0.2) is 15.0 Å². The zero-order chi connectivity index (χ0) is 11.3. The molecule has 4 nitrogen and oxygen atoms in total. The molecule has 84 valence electrons. The molecule has 0 N–H and O–H groups in total. The summed E-state index contributed by atoms with van der Waals surface area (Å²) in [6, 6.07) is 0. The summed E-state index contributed by atoms with van der Waals surface area (Å²) in [6.45, 7) is 4.82. The van der Waals surface area contributed by atoms with Gasteiger partial charge in [-0.15, -0.1) is 0 Å². The van der Waals surface area contributed by atoms with Crippen molar-refractivity contribution < 1.29 is 0 Å². The number of hydrogen-bond donors (Lipinski definition) is 0. The van der Waals surface area contributed by atoms with Crippen molar-refractivity contribution in [1.29, 1.82) is 0 Å². The Morgan fingerprint density at radius 1 is 1.25 bits per heavy atom. The van der Waals surface area contributed by atoms with E-state index in [2.05, 4.69) is 19.5 Å². The molecule has 0 atom stereocenters. The van der Waals surface area contributed by atoms with Crippen LogP contribution in [0, 0.1) is 19.8 Å². The fraction of sp³-hybridized carbons (Fsp3) is 0.545. The lowest BCUT2D eigenvalue weighted by Crippen LogP contribution is -2.03. The number of imidazole rings is 1. The smallest absolute Gasteiger partial charge is 0.182 e. The highest BCUT2D eigenvalue weighted by Gasteiger charge is 2.24. The van der Waals surface area contributed by atoms with Crippen LogP contribution >= 0.6 is 11.6 Å². The third kappa shape index (κ3) is 1.57. The van der Waals surface area contributed by atoms with Crippen LogP contribution in [-0.2, 0) is 6.54 Å². The van der Waals surface area contributed by atoms with Crippen LogP contribution in [0.15, 0.2) is 0 Å². The van der Waals surface area contributed by atoms with Crippen LogP contribution in [0.4, 0.5) is 0 Å². The second kappa shape index (κ2) is 3.42. The first-order valence-electron chi connectivity index (χ1n) is 5.52. The number of nitrogens with zero attached hydrogens (tertiary/aromatic N) is 4. The lowest BCUT2D eigenvalue weighted by atomic mass is 10.4. The molecule has 1 fully saturated rings. The van der Waals surface area contributed by atoms with Crippen molar-refractivity contribution in [3.05, 3.63) is 16.8 Å². The molecule has 0 aromatic carbocycles. The summed E-state index contributed by atoms with van der Waals surface area (Å²) in [4.78, 5) is 13.0. The van der Waals surface area contributed by atoms with Gasteiger partial charge in [-0.3, -0.25) is 0 Å². The lowest BCUT2D eigenvalue weighted by Gasteiger charge is -2.05. The molecule has 2 aromatic rings. The van der Waals surface area contributed by atoms with Crippen LogP contribution < -0.4 is 0 Å². The van der Waals surface area contributed by atoms with Gasteiger partial charge in [-0.05, 0) is 32.6 Å². The van der Waals surface area contributed by atoms with Gasteiger partial charge in [0, 0.05) is 6.54 Å². The number of fused-ring (bicyclic) bond motifs is 1. The average Bonchev–Trinajstić information content (AvgIpc) is 2.93. The number of hydrogen-bond acceptors (Lipinski definition) is 3. The van der Waals surface area contributed by atoms with Crippen molar-refractivity contribution in [3.8, 4) is 0 Å². The van der Waals surface area contributed by atoms with Gasteiger partial charge >= 0.3 is 0 Å². The molecule has 1 saturated carbocycles. The van der Waals surface area contributed by atoms with Gasteiger partial charge in [0.05, 0.1) is 0 Å². The SMILES string of the molecule is Cc1nc(Cl)c2c(n1)nc(C)n2CC1CC1. The predicted molar refractivity (Wildman–Crippen MR) is 62.5 cm³/mol. The molecule has 0 bridgehead atoms. The van der Waals surface area contributed by atoms with Gasteiger partial charge < -0.3 is 4.57 Å². The molecule has 0 aliphatic heterocycles. The van der Waals surface area contributed by atoms with E-state index in [4.69, 9.17) is 11.6 Å². The van der Waals surface area contributed by atoms with Gasteiger partial charge in [-0.1, -0.05) is 11.6 Å². The van der Waals surface area contributed by atoms with Crippen LogP contribution in [0.3, 0.4) is 0 Å². The molecule has 3 rings (SSSR count). The van der Waals surface area contributed by atoms with Crippen LogP contribution in [-0.4, -0.2) is 19.5 Å². The predicted octanol–water partition coefficient (Wildman–Crippen LogP) is 2.51. The van der Waals surface area contributed by atoms with Crippen molar-refractivity contribution in [2.45, 2.75) is 33.2 Å². The molecule has 5 heteroatoms. The number of aryl methyl sites for hydroxylation is 2. The van der Waals surface area contributed by atoms with Gasteiger partial charge in [0.15, 0.2) is 10.8 Å². The average molecular weight is 237 g/mol. The minimum Gasteiger partial charge on any atom is -0.324 e. The number of halogens is 1. The minimum absolute atomic E-state index is 0.517. The minimum atomic E-state index is 0.517. The maximum Gasteiger partial charge on any atom is 0.182 e. The Kier molecular flexibility index (Phi) is 2.14. The van der Waals surface area contributed by atoms with Crippen LogP contribution in [0.5, 0.6) is 0 Å². The normalized spacial score (nSPS) is 15.9. The molecule has 0 amide bonds. The molecule has 2 aromatic heterocycles. The summed E-state index contributed by atoms with van der Waals surface area (Å²) < 4.78 is 2.15. The Balaban J connectivity index is 2.21. The monoisotopic (exact) mass is 236 g/mol. The Morgan fingerprint density at radius 3 is 2.69 bits per heavy atom. The van der Waals surface area contributed by atoms with E-state index in [1.165, 1.54) is 12.8 Å². The molecule has 0 radical (unpaired) electrons. The van der Waals surface area contributed by atoms with Crippen molar-refractivity contribution >= 4 is 22.8 Å². The summed E-state index contributed by atoms with van der Waals surface area (Å²) in [5.41, 5.74) is 1.60. The van der Waals surface area contributed by atoms with E-state index in [0.29, 0.717) is 11.0 Å². The Hall–Kier alpha value is -1.16. The summed E-state index contributed by atoms with van der Waals surface area (Å²) in [7, 11) is 0. The van der Waals surface area contributed by atoms with Crippen LogP contribution in [0.25, 0.3) is 11.2 Å². The van der Waals surface area contributed by atoms with Crippen LogP contribution in [0.2, 0.25) is 5.15 Å².